The van der Waals surface area contributed by atoms with Gasteiger partial charge in [0.1, 0.15) is 10.9 Å². The summed E-state index contributed by atoms with van der Waals surface area (Å²) in [4.78, 5) is 11.3. The molecule has 0 spiro atoms. The molecule has 1 atom stereocenters. The summed E-state index contributed by atoms with van der Waals surface area (Å²) >= 11 is 11.5. The highest BCUT2D eigenvalue weighted by Gasteiger charge is 2.30. The molecular weight excluding hydrogens is 381 g/mol. The number of benzene rings is 1. The van der Waals surface area contributed by atoms with Crippen molar-refractivity contribution in [3.63, 3.8) is 0 Å². The molecule has 0 radical (unpaired) electrons. The first-order valence-corrected chi connectivity index (χ1v) is 9.03. The number of aromatic hydroxyl groups is 1. The van der Waals surface area contributed by atoms with Crippen LogP contribution in [0, 0.1) is 0 Å². The van der Waals surface area contributed by atoms with Crippen LogP contribution in [0.25, 0.3) is 0 Å². The molecule has 1 aromatic rings. The Hall–Kier alpha value is -1.06. The number of hydrogen-bond acceptors (Lipinski definition) is 6. The fourth-order valence-corrected chi connectivity index (χ4v) is 3.55. The maximum atomic E-state index is 12.5. The van der Waals surface area contributed by atoms with Gasteiger partial charge in [0.2, 0.25) is 10.0 Å². The second kappa shape index (κ2) is 7.88. The Morgan fingerprint density at radius 2 is 1.92 bits per heavy atom. The van der Waals surface area contributed by atoms with Gasteiger partial charge in [-0.15, -0.1) is 0 Å². The summed E-state index contributed by atoms with van der Waals surface area (Å²) in [6, 6.07) is 0.901. The van der Waals surface area contributed by atoms with Crippen molar-refractivity contribution in [1.82, 2.24) is 4.72 Å². The molecule has 0 aliphatic carbocycles. The number of halogens is 2. The van der Waals surface area contributed by atoms with Gasteiger partial charge in [-0.3, -0.25) is 4.79 Å². The molecule has 0 bridgehead atoms. The molecule has 1 rings (SSSR count). The number of carbonyl (C=O) groups excluding carboxylic acids is 1. The van der Waals surface area contributed by atoms with Gasteiger partial charge in [-0.2, -0.15) is 4.72 Å². The number of rotatable bonds is 6. The average Bonchev–Trinajstić information content (AvgIpc) is 2.45. The third-order valence-electron chi connectivity index (χ3n) is 2.75. The topological polar surface area (TPSA) is 102 Å². The highest BCUT2D eigenvalue weighted by atomic mass is 35.5. The lowest BCUT2D eigenvalue weighted by Gasteiger charge is -2.24. The number of methoxy groups -OCH3 is 1. The molecule has 0 heterocycles. The number of ether oxygens (including phenoxy) is 2. The average molecular weight is 400 g/mol. The van der Waals surface area contributed by atoms with Crippen LogP contribution in [0.1, 0.15) is 20.8 Å². The zero-order valence-corrected chi connectivity index (χ0v) is 15.9. The first-order valence-electron chi connectivity index (χ1n) is 6.79. The first kappa shape index (κ1) is 21.0. The molecule has 0 fully saturated rings. The van der Waals surface area contributed by atoms with Crippen LogP contribution in [0.5, 0.6) is 5.75 Å². The number of nitrogens with one attached hydrogen (secondary N) is 1. The van der Waals surface area contributed by atoms with E-state index in [9.17, 15) is 18.3 Å². The molecule has 2 N–H and O–H groups in total. The van der Waals surface area contributed by atoms with Crippen molar-refractivity contribution in [2.75, 3.05) is 13.7 Å². The van der Waals surface area contributed by atoms with Gasteiger partial charge in [0.05, 0.1) is 24.3 Å². The van der Waals surface area contributed by atoms with Gasteiger partial charge in [0.15, 0.2) is 5.75 Å². The molecule has 1 aromatic carbocycles. The van der Waals surface area contributed by atoms with Crippen molar-refractivity contribution in [3.05, 3.63) is 22.2 Å². The molecule has 136 valence electrons. The molecule has 0 saturated carbocycles. The van der Waals surface area contributed by atoms with Gasteiger partial charge in [0.25, 0.3) is 0 Å². The molecular formula is C14H19Cl2NO6S. The maximum absolute atomic E-state index is 12.5. The zero-order chi connectivity index (χ0) is 18.7. The van der Waals surface area contributed by atoms with E-state index in [0.717, 1.165) is 13.2 Å². The number of phenolic OH excluding ortho intramolecular Hbond substituents is 1. The van der Waals surface area contributed by atoms with Crippen molar-refractivity contribution < 1.29 is 27.8 Å². The van der Waals surface area contributed by atoms with Crippen LogP contribution >= 0.6 is 23.2 Å². The summed E-state index contributed by atoms with van der Waals surface area (Å²) in [7, 11) is -3.19. The lowest BCUT2D eigenvalue weighted by atomic mass is 10.2. The van der Waals surface area contributed by atoms with Crippen molar-refractivity contribution in [3.8, 4) is 5.75 Å². The van der Waals surface area contributed by atoms with E-state index in [2.05, 4.69) is 9.46 Å². The van der Waals surface area contributed by atoms with Crippen LogP contribution in [-0.2, 0) is 24.3 Å². The predicted octanol–water partition coefficient (Wildman–Crippen LogP) is 2.33. The molecule has 0 aromatic heterocycles. The standard InChI is InChI=1S/C14H19Cl2NO6S/c1-14(2,3)23-7-10(13(19)22-4)17-24(20,21)11-6-8(15)5-9(16)12(11)18/h5-6,10,17-18H,7H2,1-4H3. The minimum Gasteiger partial charge on any atom is -0.505 e. The maximum Gasteiger partial charge on any atom is 0.326 e. The Balaban J connectivity index is 3.14. The summed E-state index contributed by atoms with van der Waals surface area (Å²) in [6.45, 7) is 4.99. The highest BCUT2D eigenvalue weighted by molar-refractivity contribution is 7.89. The fraction of sp³-hybridized carbons (Fsp3) is 0.500. The number of phenols is 1. The Bertz CT molecular complexity index is 715. The molecule has 10 heteroatoms. The fourth-order valence-electron chi connectivity index (χ4n) is 1.62. The Morgan fingerprint density at radius 1 is 1.33 bits per heavy atom. The number of sulfonamides is 1. The Labute approximate surface area is 150 Å². The van der Waals surface area contributed by atoms with E-state index >= 15 is 0 Å². The number of carbonyl (C=O) groups is 1. The van der Waals surface area contributed by atoms with Gasteiger partial charge in [-0.05, 0) is 32.9 Å². The number of hydrogen-bond donors (Lipinski definition) is 2. The lowest BCUT2D eigenvalue weighted by molar-refractivity contribution is -0.145. The van der Waals surface area contributed by atoms with Crippen molar-refractivity contribution >= 4 is 39.2 Å². The molecule has 0 amide bonds. The summed E-state index contributed by atoms with van der Waals surface area (Å²) in [5, 5.41) is 9.65. The molecule has 24 heavy (non-hydrogen) atoms. The predicted molar refractivity (Wildman–Crippen MR) is 90.0 cm³/mol. The van der Waals surface area contributed by atoms with Gasteiger partial charge in [-0.1, -0.05) is 23.2 Å². The largest absolute Gasteiger partial charge is 0.505 e. The van der Waals surface area contributed by atoms with Crippen molar-refractivity contribution in [2.45, 2.75) is 37.3 Å². The Morgan fingerprint density at radius 3 is 2.42 bits per heavy atom. The van der Waals surface area contributed by atoms with Crippen LogP contribution in [-0.4, -0.2) is 44.9 Å². The van der Waals surface area contributed by atoms with Crippen molar-refractivity contribution in [2.24, 2.45) is 0 Å². The molecule has 0 saturated heterocycles. The van der Waals surface area contributed by atoms with E-state index in [1.165, 1.54) is 6.07 Å². The summed E-state index contributed by atoms with van der Waals surface area (Å²) in [6.07, 6.45) is 0. The molecule has 7 nitrogen and oxygen atoms in total. The van der Waals surface area contributed by atoms with Crippen LogP contribution in [0.2, 0.25) is 10.0 Å². The minimum atomic E-state index is -4.31. The van der Waals surface area contributed by atoms with Gasteiger partial charge < -0.3 is 14.6 Å². The lowest BCUT2D eigenvalue weighted by Crippen LogP contribution is -2.46. The van der Waals surface area contributed by atoms with Crippen LogP contribution < -0.4 is 4.72 Å². The monoisotopic (exact) mass is 399 g/mol. The summed E-state index contributed by atoms with van der Waals surface area (Å²) in [5.74, 6) is -1.51. The third-order valence-corrected chi connectivity index (χ3v) is 4.74. The smallest absolute Gasteiger partial charge is 0.326 e. The van der Waals surface area contributed by atoms with Gasteiger partial charge in [-0.25, -0.2) is 8.42 Å². The van der Waals surface area contributed by atoms with E-state index in [1.807, 2.05) is 0 Å². The molecule has 1 unspecified atom stereocenters. The normalized spacial score (nSPS) is 13.6. The SMILES string of the molecule is COC(=O)C(COC(C)(C)C)NS(=O)(=O)c1cc(Cl)cc(Cl)c1O. The third kappa shape index (κ3) is 5.78. The molecule has 0 aliphatic rings. The van der Waals surface area contributed by atoms with E-state index in [0.29, 0.717) is 0 Å². The van der Waals surface area contributed by atoms with Crippen LogP contribution in [0.15, 0.2) is 17.0 Å². The first-order chi connectivity index (χ1) is 10.9. The van der Waals surface area contributed by atoms with Gasteiger partial charge >= 0.3 is 5.97 Å². The molecule has 0 aliphatic heterocycles. The quantitative estimate of drug-likeness (QED) is 0.711. The van der Waals surface area contributed by atoms with Crippen molar-refractivity contribution in [1.29, 1.82) is 0 Å². The summed E-state index contributed by atoms with van der Waals surface area (Å²) < 4.78 is 37.1. The zero-order valence-electron chi connectivity index (χ0n) is 13.6. The van der Waals surface area contributed by atoms with Gasteiger partial charge in [0, 0.05) is 5.02 Å². The highest BCUT2D eigenvalue weighted by Crippen LogP contribution is 2.34. The minimum absolute atomic E-state index is 0.0127. The van der Waals surface area contributed by atoms with E-state index in [4.69, 9.17) is 27.9 Å². The van der Waals surface area contributed by atoms with Crippen LogP contribution in [0.3, 0.4) is 0 Å². The second-order valence-electron chi connectivity index (χ2n) is 5.85. The Kier molecular flexibility index (Phi) is 6.89. The van der Waals surface area contributed by atoms with Crippen LogP contribution in [0.4, 0.5) is 0 Å². The summed E-state index contributed by atoms with van der Waals surface area (Å²) in [5.41, 5.74) is -0.598. The van der Waals surface area contributed by atoms with E-state index in [1.54, 1.807) is 20.8 Å². The number of esters is 1. The van der Waals surface area contributed by atoms with E-state index in [-0.39, 0.29) is 16.7 Å². The van der Waals surface area contributed by atoms with E-state index < -0.39 is 38.3 Å². The second-order valence-corrected chi connectivity index (χ2v) is 8.38.